The average Bonchev–Trinajstić information content (AvgIpc) is 2.46. The first-order chi connectivity index (χ1) is 10.4. The van der Waals surface area contributed by atoms with Crippen LogP contribution in [0.4, 0.5) is 0 Å². The molecule has 0 bridgehead atoms. The first-order valence-corrected chi connectivity index (χ1v) is 9.19. The van der Waals surface area contributed by atoms with Crippen molar-refractivity contribution in [2.24, 2.45) is 35.0 Å². The molecule has 0 saturated heterocycles. The van der Waals surface area contributed by atoms with Gasteiger partial charge in [0.1, 0.15) is 0 Å². The Morgan fingerprint density at radius 2 is 1.91 bits per heavy atom. The van der Waals surface area contributed by atoms with E-state index in [1.54, 1.807) is 11.1 Å². The van der Waals surface area contributed by atoms with Gasteiger partial charge < -0.3 is 0 Å². The molecule has 1 heteroatoms. The van der Waals surface area contributed by atoms with E-state index in [1.807, 2.05) is 0 Å². The van der Waals surface area contributed by atoms with Crippen LogP contribution in [0.15, 0.2) is 22.8 Å². The molecule has 0 N–H and O–H groups in total. The highest BCUT2D eigenvalue weighted by atomic mass is 14.6. The fourth-order valence-electron chi connectivity index (χ4n) is 5.85. The molecule has 0 heterocycles. The normalized spacial score (nSPS) is 44.1. The van der Waals surface area contributed by atoms with E-state index in [9.17, 15) is 5.26 Å². The summed E-state index contributed by atoms with van der Waals surface area (Å²) in [5, 5.41) is 10.2. The van der Waals surface area contributed by atoms with Gasteiger partial charge in [-0.2, -0.15) is 5.26 Å². The van der Waals surface area contributed by atoms with Crippen molar-refractivity contribution >= 4 is 0 Å². The van der Waals surface area contributed by atoms with Gasteiger partial charge in [0.25, 0.3) is 0 Å². The van der Waals surface area contributed by atoms with Crippen molar-refractivity contribution < 1.29 is 0 Å². The highest BCUT2D eigenvalue weighted by Gasteiger charge is 2.57. The number of allylic oxidation sites excluding steroid dienone is 4. The summed E-state index contributed by atoms with van der Waals surface area (Å²) in [7, 11) is 0. The average molecular weight is 297 g/mol. The molecule has 120 valence electrons. The maximum absolute atomic E-state index is 10.2. The molecule has 0 spiro atoms. The summed E-state index contributed by atoms with van der Waals surface area (Å²) < 4.78 is 0. The second kappa shape index (κ2) is 5.55. The van der Waals surface area contributed by atoms with Crippen LogP contribution in [0.25, 0.3) is 0 Å². The minimum Gasteiger partial charge on any atom is -0.198 e. The van der Waals surface area contributed by atoms with Gasteiger partial charge in [-0.05, 0) is 75.2 Å². The van der Waals surface area contributed by atoms with Crippen LogP contribution in [-0.2, 0) is 0 Å². The second-order valence-electron chi connectivity index (χ2n) is 8.60. The molecule has 0 aromatic rings. The van der Waals surface area contributed by atoms with Gasteiger partial charge >= 0.3 is 0 Å². The van der Waals surface area contributed by atoms with Gasteiger partial charge in [-0.3, -0.25) is 0 Å². The lowest BCUT2D eigenvalue weighted by Crippen LogP contribution is -2.51. The fraction of sp³-hybridized carbons (Fsp3) is 0.762. The maximum Gasteiger partial charge on any atom is 0.0699 e. The van der Waals surface area contributed by atoms with Crippen LogP contribution in [-0.4, -0.2) is 0 Å². The van der Waals surface area contributed by atoms with Crippen LogP contribution in [0.5, 0.6) is 0 Å². The van der Waals surface area contributed by atoms with Crippen LogP contribution >= 0.6 is 0 Å². The minimum absolute atomic E-state index is 0.0832. The Hall–Kier alpha value is -1.03. The Bertz CT molecular complexity index is 557. The van der Waals surface area contributed by atoms with Crippen LogP contribution in [0.3, 0.4) is 0 Å². The molecule has 0 radical (unpaired) electrons. The summed E-state index contributed by atoms with van der Waals surface area (Å²) in [5.41, 5.74) is 4.57. The zero-order chi connectivity index (χ0) is 16.1. The fourth-order valence-corrected chi connectivity index (χ4v) is 5.85. The van der Waals surface area contributed by atoms with E-state index in [-0.39, 0.29) is 5.41 Å². The Morgan fingerprint density at radius 1 is 1.18 bits per heavy atom. The lowest BCUT2D eigenvalue weighted by Gasteiger charge is -2.57. The van der Waals surface area contributed by atoms with Crippen molar-refractivity contribution in [1.29, 1.82) is 5.26 Å². The SMILES string of the molecule is CC(C)=CC1=C2[C@@H]3[C@H](CC[C@H](C)[C@@]3(C#N)CC[C@@H]2C)[C@@H](C)C1. The van der Waals surface area contributed by atoms with Crippen molar-refractivity contribution in [2.45, 2.75) is 66.7 Å². The highest BCUT2D eigenvalue weighted by Crippen LogP contribution is 2.63. The van der Waals surface area contributed by atoms with Gasteiger partial charge in [-0.15, -0.1) is 0 Å². The van der Waals surface area contributed by atoms with Crippen molar-refractivity contribution in [1.82, 2.24) is 0 Å². The summed E-state index contributed by atoms with van der Waals surface area (Å²) in [6, 6.07) is 2.86. The lowest BCUT2D eigenvalue weighted by atomic mass is 9.45. The van der Waals surface area contributed by atoms with Crippen molar-refractivity contribution in [3.8, 4) is 6.07 Å². The summed E-state index contributed by atoms with van der Waals surface area (Å²) >= 11 is 0. The van der Waals surface area contributed by atoms with Gasteiger partial charge in [-0.25, -0.2) is 0 Å². The van der Waals surface area contributed by atoms with E-state index in [0.29, 0.717) is 17.8 Å². The summed E-state index contributed by atoms with van der Waals surface area (Å²) in [6.07, 6.45) is 8.54. The molecule has 22 heavy (non-hydrogen) atoms. The van der Waals surface area contributed by atoms with E-state index < -0.39 is 0 Å². The smallest absolute Gasteiger partial charge is 0.0699 e. The Balaban J connectivity index is 2.19. The predicted octanol–water partition coefficient (Wildman–Crippen LogP) is 5.89. The largest absolute Gasteiger partial charge is 0.198 e. The van der Waals surface area contributed by atoms with Gasteiger partial charge in [0, 0.05) is 5.92 Å². The third-order valence-corrected chi connectivity index (χ3v) is 6.97. The van der Waals surface area contributed by atoms with E-state index in [2.05, 4.69) is 46.8 Å². The lowest BCUT2D eigenvalue weighted by molar-refractivity contribution is -0.00636. The number of rotatable bonds is 1. The molecular formula is C21H31N. The zero-order valence-electron chi connectivity index (χ0n) is 14.9. The molecule has 0 aromatic carbocycles. The second-order valence-corrected chi connectivity index (χ2v) is 8.60. The number of nitrogens with zero attached hydrogens (tertiary/aromatic N) is 1. The number of hydrogen-bond donors (Lipinski definition) is 0. The molecule has 2 fully saturated rings. The Labute approximate surface area is 136 Å². The number of hydrogen-bond acceptors (Lipinski definition) is 1. The molecule has 0 aliphatic heterocycles. The predicted molar refractivity (Wildman–Crippen MR) is 92.1 cm³/mol. The summed E-state index contributed by atoms with van der Waals surface area (Å²) in [4.78, 5) is 0. The molecule has 0 aromatic heterocycles. The van der Waals surface area contributed by atoms with E-state index in [1.165, 1.54) is 31.3 Å². The topological polar surface area (TPSA) is 23.8 Å². The third-order valence-electron chi connectivity index (χ3n) is 6.97. The van der Waals surface area contributed by atoms with Gasteiger partial charge in [-0.1, -0.05) is 38.0 Å². The van der Waals surface area contributed by atoms with E-state index in [4.69, 9.17) is 0 Å². The summed E-state index contributed by atoms with van der Waals surface area (Å²) in [6.45, 7) is 11.6. The minimum atomic E-state index is -0.0832. The van der Waals surface area contributed by atoms with Crippen molar-refractivity contribution in [3.63, 3.8) is 0 Å². The zero-order valence-corrected chi connectivity index (χ0v) is 14.9. The Morgan fingerprint density at radius 3 is 2.55 bits per heavy atom. The van der Waals surface area contributed by atoms with Crippen LogP contribution in [0.2, 0.25) is 0 Å². The maximum atomic E-state index is 10.2. The van der Waals surface area contributed by atoms with E-state index >= 15 is 0 Å². The summed E-state index contributed by atoms with van der Waals surface area (Å²) in [5.74, 6) is 3.21. The molecule has 0 amide bonds. The van der Waals surface area contributed by atoms with Crippen LogP contribution in [0, 0.1) is 46.3 Å². The third kappa shape index (κ3) is 2.18. The molecular weight excluding hydrogens is 266 g/mol. The van der Waals surface area contributed by atoms with Crippen molar-refractivity contribution in [2.75, 3.05) is 0 Å². The van der Waals surface area contributed by atoms with Crippen LogP contribution < -0.4 is 0 Å². The monoisotopic (exact) mass is 297 g/mol. The number of nitriles is 1. The highest BCUT2D eigenvalue weighted by molar-refractivity contribution is 5.39. The first kappa shape index (κ1) is 15.9. The molecule has 3 rings (SSSR count). The molecule has 1 nitrogen and oxygen atoms in total. The molecule has 3 aliphatic rings. The first-order valence-electron chi connectivity index (χ1n) is 9.19. The van der Waals surface area contributed by atoms with Gasteiger partial charge in [0.05, 0.1) is 11.5 Å². The van der Waals surface area contributed by atoms with E-state index in [0.717, 1.165) is 18.3 Å². The molecule has 3 aliphatic carbocycles. The van der Waals surface area contributed by atoms with Gasteiger partial charge in [0.2, 0.25) is 0 Å². The van der Waals surface area contributed by atoms with Crippen LogP contribution in [0.1, 0.15) is 66.7 Å². The molecule has 6 atom stereocenters. The standard InChI is InChI=1S/C21H31N/c1-13(2)10-17-11-15(4)18-7-6-16(5)21(12-22)9-8-14(3)19(17)20(18)21/h10,14-16,18,20H,6-9,11H2,1-5H3/t14-,15-,16-,18+,20-,21-/m0/s1. The van der Waals surface area contributed by atoms with Crippen molar-refractivity contribution in [3.05, 3.63) is 22.8 Å². The quantitative estimate of drug-likeness (QED) is 0.592. The van der Waals surface area contributed by atoms with Gasteiger partial charge in [0.15, 0.2) is 0 Å². The molecule has 0 unspecified atom stereocenters. The molecule has 2 saturated carbocycles. The Kier molecular flexibility index (Phi) is 4.00.